The second kappa shape index (κ2) is 9.73. The third-order valence-corrected chi connectivity index (χ3v) is 3.46. The van der Waals surface area contributed by atoms with E-state index in [1.807, 2.05) is 0 Å². The lowest BCUT2D eigenvalue weighted by molar-refractivity contribution is -0.0657. The van der Waals surface area contributed by atoms with Crippen LogP contribution in [0.3, 0.4) is 0 Å². The van der Waals surface area contributed by atoms with Crippen LogP contribution < -0.4 is 5.32 Å². The minimum atomic E-state index is 0.0692. The highest BCUT2D eigenvalue weighted by molar-refractivity contribution is 4.88. The predicted octanol–water partition coefficient (Wildman–Crippen LogP) is 1.98. The van der Waals surface area contributed by atoms with Crippen molar-refractivity contribution < 1.29 is 14.2 Å². The van der Waals surface area contributed by atoms with Crippen molar-refractivity contribution in [3.05, 3.63) is 0 Å². The van der Waals surface area contributed by atoms with E-state index in [9.17, 15) is 0 Å². The molecule has 0 aromatic carbocycles. The summed E-state index contributed by atoms with van der Waals surface area (Å²) in [6, 6.07) is 0. The minimum Gasteiger partial charge on any atom is -0.382 e. The fourth-order valence-electron chi connectivity index (χ4n) is 2.45. The van der Waals surface area contributed by atoms with Crippen LogP contribution in [0.25, 0.3) is 0 Å². The van der Waals surface area contributed by atoms with Crippen LogP contribution in [0.5, 0.6) is 0 Å². The van der Waals surface area contributed by atoms with Gasteiger partial charge < -0.3 is 19.5 Å². The third-order valence-electron chi connectivity index (χ3n) is 3.46. The molecule has 1 saturated carbocycles. The number of methoxy groups -OCH3 is 1. The van der Waals surface area contributed by atoms with E-state index in [1.165, 1.54) is 32.1 Å². The zero-order chi connectivity index (χ0) is 13.1. The second-order valence-corrected chi connectivity index (χ2v) is 5.02. The summed E-state index contributed by atoms with van der Waals surface area (Å²) in [5.41, 5.74) is 0.0692. The standard InChI is InChI=1S/C14H29NO3/c1-3-8-15-13-14(6-4-5-7-14)18-12-11-17-10-9-16-2/h15H,3-13H2,1-2H3. The molecule has 0 aromatic heterocycles. The summed E-state index contributed by atoms with van der Waals surface area (Å²) in [6.45, 7) is 6.92. The highest BCUT2D eigenvalue weighted by atomic mass is 16.5. The quantitative estimate of drug-likeness (QED) is 0.576. The third kappa shape index (κ3) is 6.14. The number of nitrogens with one attached hydrogen (secondary N) is 1. The van der Waals surface area contributed by atoms with E-state index in [1.54, 1.807) is 7.11 Å². The largest absolute Gasteiger partial charge is 0.382 e. The highest BCUT2D eigenvalue weighted by Gasteiger charge is 2.34. The minimum absolute atomic E-state index is 0.0692. The monoisotopic (exact) mass is 259 g/mol. The molecule has 0 atom stereocenters. The van der Waals surface area contributed by atoms with Gasteiger partial charge in [-0.1, -0.05) is 19.8 Å². The van der Waals surface area contributed by atoms with Gasteiger partial charge in [-0.05, 0) is 25.8 Å². The first-order chi connectivity index (χ1) is 8.83. The summed E-state index contributed by atoms with van der Waals surface area (Å²) in [5.74, 6) is 0. The summed E-state index contributed by atoms with van der Waals surface area (Å²) >= 11 is 0. The van der Waals surface area contributed by atoms with Crippen LogP contribution in [0.4, 0.5) is 0 Å². The van der Waals surface area contributed by atoms with Crippen molar-refractivity contribution >= 4 is 0 Å². The lowest BCUT2D eigenvalue weighted by Gasteiger charge is -2.29. The zero-order valence-electron chi connectivity index (χ0n) is 12.0. The maximum absolute atomic E-state index is 6.09. The molecule has 0 aliphatic heterocycles. The molecule has 1 aliphatic carbocycles. The summed E-state index contributed by atoms with van der Waals surface area (Å²) < 4.78 is 16.5. The van der Waals surface area contributed by atoms with Crippen molar-refractivity contribution in [2.24, 2.45) is 0 Å². The van der Waals surface area contributed by atoms with Gasteiger partial charge in [0.05, 0.1) is 32.0 Å². The molecule has 4 nitrogen and oxygen atoms in total. The fraction of sp³-hybridized carbons (Fsp3) is 1.00. The Kier molecular flexibility index (Phi) is 8.59. The van der Waals surface area contributed by atoms with Gasteiger partial charge in [0.15, 0.2) is 0 Å². The molecule has 1 fully saturated rings. The van der Waals surface area contributed by atoms with E-state index < -0.39 is 0 Å². The first kappa shape index (κ1) is 15.9. The van der Waals surface area contributed by atoms with E-state index in [4.69, 9.17) is 14.2 Å². The van der Waals surface area contributed by atoms with E-state index in [-0.39, 0.29) is 5.60 Å². The molecule has 0 radical (unpaired) electrons. The molecule has 0 heterocycles. The molecule has 1 rings (SSSR count). The molecule has 1 aliphatic rings. The first-order valence-corrected chi connectivity index (χ1v) is 7.24. The average Bonchev–Trinajstić information content (AvgIpc) is 2.83. The van der Waals surface area contributed by atoms with Crippen LogP contribution in [0.2, 0.25) is 0 Å². The maximum Gasteiger partial charge on any atom is 0.0807 e. The molecular formula is C14H29NO3. The molecule has 0 bridgehead atoms. The molecule has 0 saturated heterocycles. The lowest BCUT2D eigenvalue weighted by atomic mass is 10.0. The van der Waals surface area contributed by atoms with Crippen LogP contribution in [0.1, 0.15) is 39.0 Å². The predicted molar refractivity (Wildman–Crippen MR) is 73.0 cm³/mol. The van der Waals surface area contributed by atoms with E-state index in [0.29, 0.717) is 26.4 Å². The van der Waals surface area contributed by atoms with Gasteiger partial charge in [0.2, 0.25) is 0 Å². The lowest BCUT2D eigenvalue weighted by Crippen LogP contribution is -2.41. The normalized spacial score (nSPS) is 18.3. The van der Waals surface area contributed by atoms with E-state index >= 15 is 0 Å². The van der Waals surface area contributed by atoms with Crippen LogP contribution in [-0.4, -0.2) is 52.2 Å². The fourth-order valence-corrected chi connectivity index (χ4v) is 2.45. The second-order valence-electron chi connectivity index (χ2n) is 5.02. The van der Waals surface area contributed by atoms with Crippen LogP contribution in [0, 0.1) is 0 Å². The van der Waals surface area contributed by atoms with Crippen molar-refractivity contribution in [2.75, 3.05) is 46.6 Å². The number of hydrogen-bond acceptors (Lipinski definition) is 4. The van der Waals surface area contributed by atoms with Crippen molar-refractivity contribution in [3.8, 4) is 0 Å². The number of ether oxygens (including phenoxy) is 3. The van der Waals surface area contributed by atoms with Crippen molar-refractivity contribution in [1.29, 1.82) is 0 Å². The Hall–Kier alpha value is -0.160. The Balaban J connectivity index is 2.13. The van der Waals surface area contributed by atoms with Gasteiger partial charge in [-0.2, -0.15) is 0 Å². The van der Waals surface area contributed by atoms with Gasteiger partial charge in [-0.3, -0.25) is 0 Å². The van der Waals surface area contributed by atoms with Gasteiger partial charge >= 0.3 is 0 Å². The van der Waals surface area contributed by atoms with Crippen LogP contribution in [0.15, 0.2) is 0 Å². The van der Waals surface area contributed by atoms with Gasteiger partial charge in [-0.25, -0.2) is 0 Å². The van der Waals surface area contributed by atoms with Crippen LogP contribution in [-0.2, 0) is 14.2 Å². The summed E-state index contributed by atoms with van der Waals surface area (Å²) in [4.78, 5) is 0. The molecule has 0 unspecified atom stereocenters. The van der Waals surface area contributed by atoms with Crippen molar-refractivity contribution in [1.82, 2.24) is 5.32 Å². The van der Waals surface area contributed by atoms with E-state index in [2.05, 4.69) is 12.2 Å². The molecule has 108 valence electrons. The Labute approximate surface area is 111 Å². The van der Waals surface area contributed by atoms with Gasteiger partial charge in [-0.15, -0.1) is 0 Å². The molecular weight excluding hydrogens is 230 g/mol. The zero-order valence-corrected chi connectivity index (χ0v) is 12.0. The summed E-state index contributed by atoms with van der Waals surface area (Å²) in [7, 11) is 1.69. The Morgan fingerprint density at radius 1 is 1.06 bits per heavy atom. The van der Waals surface area contributed by atoms with Gasteiger partial charge in [0.25, 0.3) is 0 Å². The molecule has 0 aromatic rings. The van der Waals surface area contributed by atoms with Crippen molar-refractivity contribution in [2.45, 2.75) is 44.6 Å². The molecule has 0 spiro atoms. The highest BCUT2D eigenvalue weighted by Crippen LogP contribution is 2.32. The number of hydrogen-bond donors (Lipinski definition) is 1. The Morgan fingerprint density at radius 3 is 2.44 bits per heavy atom. The van der Waals surface area contributed by atoms with E-state index in [0.717, 1.165) is 13.1 Å². The van der Waals surface area contributed by atoms with Gasteiger partial charge in [0.1, 0.15) is 0 Å². The summed E-state index contributed by atoms with van der Waals surface area (Å²) in [6.07, 6.45) is 6.12. The molecule has 4 heteroatoms. The van der Waals surface area contributed by atoms with Gasteiger partial charge in [0, 0.05) is 13.7 Å². The van der Waals surface area contributed by atoms with Crippen LogP contribution >= 0.6 is 0 Å². The van der Waals surface area contributed by atoms with Crippen molar-refractivity contribution in [3.63, 3.8) is 0 Å². The average molecular weight is 259 g/mol. The number of rotatable bonds is 11. The molecule has 0 amide bonds. The maximum atomic E-state index is 6.09. The topological polar surface area (TPSA) is 39.7 Å². The SMILES string of the molecule is CCCNCC1(OCCOCCOC)CCCC1. The molecule has 1 N–H and O–H groups in total. The first-order valence-electron chi connectivity index (χ1n) is 7.24. The Morgan fingerprint density at radius 2 is 1.78 bits per heavy atom. The molecule has 18 heavy (non-hydrogen) atoms. The Bertz CT molecular complexity index is 193. The summed E-state index contributed by atoms with van der Waals surface area (Å²) in [5, 5.41) is 3.49. The smallest absolute Gasteiger partial charge is 0.0807 e.